The Morgan fingerprint density at radius 3 is 2.03 bits per heavy atom. The van der Waals surface area contributed by atoms with Crippen molar-refractivity contribution in [2.45, 2.75) is 85.0 Å². The van der Waals surface area contributed by atoms with Crippen LogP contribution in [0.2, 0.25) is 0 Å². The van der Waals surface area contributed by atoms with E-state index >= 15 is 0 Å². The van der Waals surface area contributed by atoms with Crippen LogP contribution in [-0.4, -0.2) is 53.4 Å². The minimum Gasteiger partial charge on any atom is -0.444 e. The van der Waals surface area contributed by atoms with Gasteiger partial charge < -0.3 is 26.0 Å². The molecule has 1 aromatic carbocycles. The lowest BCUT2D eigenvalue weighted by atomic mass is 9.98. The Hall–Kier alpha value is -3.10. The van der Waals surface area contributed by atoms with E-state index in [4.69, 9.17) is 10.5 Å². The third kappa shape index (κ3) is 9.51. The molecular weight excluding hydrogens is 424 g/mol. The summed E-state index contributed by atoms with van der Waals surface area (Å²) in [5.74, 6) is -1.49. The number of likely N-dealkylation sites (N-methyl/N-ethyl adjacent to an activating group) is 1. The molecule has 2 atom stereocenters. The summed E-state index contributed by atoms with van der Waals surface area (Å²) in [6.07, 6.45) is -0.941. The zero-order valence-corrected chi connectivity index (χ0v) is 20.9. The molecule has 184 valence electrons. The Bertz CT molecular complexity index is 856. The van der Waals surface area contributed by atoms with Gasteiger partial charge in [-0.05, 0) is 60.5 Å². The first-order chi connectivity index (χ1) is 15.1. The molecule has 0 radical (unpaired) electrons. The molecule has 0 saturated heterocycles. The maximum Gasteiger partial charge on any atom is 0.408 e. The lowest BCUT2D eigenvalue weighted by Gasteiger charge is -2.32. The summed E-state index contributed by atoms with van der Waals surface area (Å²) in [6.45, 7) is 12.6. The maximum absolute atomic E-state index is 13.5. The van der Waals surface area contributed by atoms with Crippen LogP contribution in [0.3, 0.4) is 0 Å². The van der Waals surface area contributed by atoms with Gasteiger partial charge in [0.15, 0.2) is 0 Å². The molecule has 9 heteroatoms. The number of carbonyl (C=O) groups is 4. The molecule has 0 heterocycles. The fourth-order valence-electron chi connectivity index (χ4n) is 3.45. The van der Waals surface area contributed by atoms with Gasteiger partial charge in [0, 0.05) is 19.5 Å². The predicted octanol–water partition coefficient (Wildman–Crippen LogP) is 2.49. The van der Waals surface area contributed by atoms with Gasteiger partial charge in [-0.15, -0.1) is 0 Å². The van der Waals surface area contributed by atoms with Gasteiger partial charge in [0.2, 0.25) is 17.7 Å². The first-order valence-corrected chi connectivity index (χ1v) is 11.0. The summed E-state index contributed by atoms with van der Waals surface area (Å²) in [6, 6.07) is 3.50. The second kappa shape index (κ2) is 11.7. The highest BCUT2D eigenvalue weighted by Gasteiger charge is 2.34. The number of primary amides is 1. The molecule has 4 amide bonds. The van der Waals surface area contributed by atoms with Gasteiger partial charge in [0.25, 0.3) is 0 Å². The monoisotopic (exact) mass is 462 g/mol. The van der Waals surface area contributed by atoms with Crippen molar-refractivity contribution in [3.05, 3.63) is 34.9 Å². The normalized spacial score (nSPS) is 13.1. The van der Waals surface area contributed by atoms with E-state index in [2.05, 4.69) is 10.6 Å². The molecule has 4 N–H and O–H groups in total. The van der Waals surface area contributed by atoms with E-state index in [0.717, 1.165) is 11.1 Å². The molecule has 1 rings (SSSR count). The maximum atomic E-state index is 13.5. The van der Waals surface area contributed by atoms with Crippen molar-refractivity contribution in [2.24, 2.45) is 5.73 Å². The molecule has 0 aliphatic rings. The summed E-state index contributed by atoms with van der Waals surface area (Å²) in [5.41, 5.74) is 7.04. The van der Waals surface area contributed by atoms with Crippen molar-refractivity contribution >= 4 is 23.8 Å². The Kier molecular flexibility index (Phi) is 9.88. The van der Waals surface area contributed by atoms with E-state index in [1.165, 1.54) is 11.9 Å². The zero-order chi connectivity index (χ0) is 25.5. The summed E-state index contributed by atoms with van der Waals surface area (Å²) < 4.78 is 5.27. The highest BCUT2D eigenvalue weighted by atomic mass is 16.6. The van der Waals surface area contributed by atoms with Gasteiger partial charge in [0.1, 0.15) is 17.7 Å². The quantitative estimate of drug-likeness (QED) is 0.519. The molecule has 0 aromatic heterocycles. The van der Waals surface area contributed by atoms with Crippen LogP contribution in [0.15, 0.2) is 18.2 Å². The Labute approximate surface area is 196 Å². The summed E-state index contributed by atoms with van der Waals surface area (Å²) in [4.78, 5) is 51.6. The van der Waals surface area contributed by atoms with E-state index in [-0.39, 0.29) is 24.8 Å². The fraction of sp³-hybridized carbons (Fsp3) is 0.583. The molecule has 0 spiro atoms. The number of nitrogens with zero attached hydrogens (tertiary/aromatic N) is 1. The third-order valence-corrected chi connectivity index (χ3v) is 4.64. The first kappa shape index (κ1) is 27.9. The number of alkyl carbamates (subject to hydrolysis) is 1. The average molecular weight is 463 g/mol. The lowest BCUT2D eigenvalue weighted by Crippen LogP contribution is -2.52. The summed E-state index contributed by atoms with van der Waals surface area (Å²) in [7, 11) is 1.50. The molecule has 0 saturated carbocycles. The number of hydrogen-bond acceptors (Lipinski definition) is 5. The molecule has 0 bridgehead atoms. The van der Waals surface area contributed by atoms with Crippen LogP contribution < -0.4 is 16.4 Å². The van der Waals surface area contributed by atoms with Crippen LogP contribution in [0, 0.1) is 13.8 Å². The second-order valence-corrected chi connectivity index (χ2v) is 9.64. The number of carbonyl (C=O) groups excluding carboxylic acids is 4. The van der Waals surface area contributed by atoms with Crippen LogP contribution >= 0.6 is 0 Å². The van der Waals surface area contributed by atoms with Gasteiger partial charge in [-0.2, -0.15) is 0 Å². The number of aryl methyl sites for hydroxylation is 2. The fourth-order valence-corrected chi connectivity index (χ4v) is 3.45. The molecule has 33 heavy (non-hydrogen) atoms. The van der Waals surface area contributed by atoms with Crippen LogP contribution in [-0.2, 0) is 19.1 Å². The van der Waals surface area contributed by atoms with E-state index in [1.54, 1.807) is 20.8 Å². The first-order valence-electron chi connectivity index (χ1n) is 11.0. The van der Waals surface area contributed by atoms with Crippen molar-refractivity contribution in [3.63, 3.8) is 0 Å². The van der Waals surface area contributed by atoms with E-state index in [1.807, 2.05) is 45.9 Å². The molecule has 2 unspecified atom stereocenters. The second-order valence-electron chi connectivity index (χ2n) is 9.64. The Morgan fingerprint density at radius 1 is 1.03 bits per heavy atom. The van der Waals surface area contributed by atoms with Crippen molar-refractivity contribution in [3.8, 4) is 0 Å². The SMILES string of the molecule is Cc1cc(C)cc(C(C(=O)NC(C)C)N(C)C(=O)C(CCC(N)=O)NC(=O)OC(C)(C)C)c1. The number of benzene rings is 1. The van der Waals surface area contributed by atoms with Gasteiger partial charge in [-0.3, -0.25) is 14.4 Å². The van der Waals surface area contributed by atoms with Crippen molar-refractivity contribution in [2.75, 3.05) is 7.05 Å². The number of ether oxygens (including phenoxy) is 1. The molecule has 0 fully saturated rings. The zero-order valence-electron chi connectivity index (χ0n) is 20.9. The highest BCUT2D eigenvalue weighted by molar-refractivity contribution is 5.92. The van der Waals surface area contributed by atoms with Crippen molar-refractivity contribution in [1.29, 1.82) is 0 Å². The van der Waals surface area contributed by atoms with E-state index in [9.17, 15) is 19.2 Å². The summed E-state index contributed by atoms with van der Waals surface area (Å²) in [5, 5.41) is 5.38. The molecule has 9 nitrogen and oxygen atoms in total. The molecular formula is C24H38N4O5. The van der Waals surface area contributed by atoms with Crippen LogP contribution in [0.5, 0.6) is 0 Å². The molecule has 0 aliphatic heterocycles. The van der Waals surface area contributed by atoms with Crippen molar-refractivity contribution in [1.82, 2.24) is 15.5 Å². The predicted molar refractivity (Wildman–Crippen MR) is 126 cm³/mol. The third-order valence-electron chi connectivity index (χ3n) is 4.64. The van der Waals surface area contributed by atoms with E-state index < -0.39 is 35.6 Å². The van der Waals surface area contributed by atoms with E-state index in [0.29, 0.717) is 5.56 Å². The minimum absolute atomic E-state index is 0.0247. The number of rotatable bonds is 9. The number of nitrogens with one attached hydrogen (secondary N) is 2. The Morgan fingerprint density at radius 2 is 1.58 bits per heavy atom. The lowest BCUT2D eigenvalue weighted by molar-refractivity contribution is -0.141. The number of amides is 4. The Balaban J connectivity index is 3.31. The molecule has 1 aromatic rings. The highest BCUT2D eigenvalue weighted by Crippen LogP contribution is 2.24. The van der Waals surface area contributed by atoms with Crippen LogP contribution in [0.1, 0.15) is 70.2 Å². The molecule has 0 aliphatic carbocycles. The largest absolute Gasteiger partial charge is 0.444 e. The smallest absolute Gasteiger partial charge is 0.408 e. The topological polar surface area (TPSA) is 131 Å². The van der Waals surface area contributed by atoms with Crippen LogP contribution in [0.4, 0.5) is 4.79 Å². The standard InChI is InChI=1S/C24H38N4O5/c1-14(2)26-21(30)20(17-12-15(3)11-16(4)13-17)28(8)22(31)18(9-10-19(25)29)27-23(32)33-24(5,6)7/h11-14,18,20H,9-10H2,1-8H3,(H2,25,29)(H,26,30)(H,27,32). The average Bonchev–Trinajstić information content (AvgIpc) is 2.61. The van der Waals surface area contributed by atoms with Gasteiger partial charge in [0.05, 0.1) is 0 Å². The summed E-state index contributed by atoms with van der Waals surface area (Å²) >= 11 is 0. The van der Waals surface area contributed by atoms with Gasteiger partial charge in [-0.25, -0.2) is 4.79 Å². The van der Waals surface area contributed by atoms with Gasteiger partial charge in [-0.1, -0.05) is 29.3 Å². The van der Waals surface area contributed by atoms with Crippen LogP contribution in [0.25, 0.3) is 0 Å². The van der Waals surface area contributed by atoms with Gasteiger partial charge >= 0.3 is 6.09 Å². The minimum atomic E-state index is -1.10. The van der Waals surface area contributed by atoms with Crippen molar-refractivity contribution < 1.29 is 23.9 Å². The number of hydrogen-bond donors (Lipinski definition) is 3. The number of nitrogens with two attached hydrogens (primary N) is 1.